The van der Waals surface area contributed by atoms with Gasteiger partial charge < -0.3 is 4.74 Å². The van der Waals surface area contributed by atoms with Crippen LogP contribution in [0.1, 0.15) is 16.7 Å². The predicted molar refractivity (Wildman–Crippen MR) is 105 cm³/mol. The summed E-state index contributed by atoms with van der Waals surface area (Å²) in [5, 5.41) is 9.38. The Morgan fingerprint density at radius 1 is 1.04 bits per heavy atom. The number of rotatable bonds is 5. The molecule has 0 aliphatic heterocycles. The maximum absolute atomic E-state index is 13.9. The zero-order valence-corrected chi connectivity index (χ0v) is 15.4. The van der Waals surface area contributed by atoms with Crippen molar-refractivity contribution in [3.05, 3.63) is 99.8 Å². The lowest BCUT2D eigenvalue weighted by Gasteiger charge is -2.09. The summed E-state index contributed by atoms with van der Waals surface area (Å²) in [4.78, 5) is 0. The van der Waals surface area contributed by atoms with Gasteiger partial charge in [-0.05, 0) is 51.3 Å². The highest BCUT2D eigenvalue weighted by Gasteiger charge is 2.08. The Kier molecular flexibility index (Phi) is 5.83. The van der Waals surface area contributed by atoms with Crippen molar-refractivity contribution in [2.45, 2.75) is 6.61 Å². The molecule has 0 aliphatic rings. The summed E-state index contributed by atoms with van der Waals surface area (Å²) in [6.45, 7) is 0.466. The maximum atomic E-state index is 13.9. The summed E-state index contributed by atoms with van der Waals surface area (Å²) in [5.74, 6) is 0.289. The lowest BCUT2D eigenvalue weighted by molar-refractivity contribution is 0.304. The first kappa shape index (κ1) is 17.9. The van der Waals surface area contributed by atoms with E-state index in [9.17, 15) is 9.65 Å². The fourth-order valence-corrected chi connectivity index (χ4v) is 2.99. The third kappa shape index (κ3) is 4.38. The van der Waals surface area contributed by atoms with Crippen molar-refractivity contribution in [3.63, 3.8) is 0 Å². The number of nitrogens with zero attached hydrogens (tertiary/aromatic N) is 1. The van der Waals surface area contributed by atoms with Crippen molar-refractivity contribution >= 4 is 27.6 Å². The van der Waals surface area contributed by atoms with Crippen LogP contribution in [0.15, 0.2) is 77.3 Å². The molecule has 3 aromatic rings. The molecule has 128 valence electrons. The van der Waals surface area contributed by atoms with Gasteiger partial charge in [-0.15, -0.1) is 0 Å². The Hall–Kier alpha value is -2.90. The fraction of sp³-hybridized carbons (Fsp3) is 0.0455. The van der Waals surface area contributed by atoms with Crippen molar-refractivity contribution in [3.8, 4) is 11.8 Å². The van der Waals surface area contributed by atoms with Gasteiger partial charge in [0.1, 0.15) is 18.2 Å². The van der Waals surface area contributed by atoms with Crippen LogP contribution >= 0.6 is 15.9 Å². The van der Waals surface area contributed by atoms with E-state index in [0.29, 0.717) is 12.4 Å². The first-order chi connectivity index (χ1) is 12.7. The molecule has 0 bridgehead atoms. The molecule has 0 N–H and O–H groups in total. The minimum absolute atomic E-state index is 0.271. The van der Waals surface area contributed by atoms with E-state index >= 15 is 0 Å². The van der Waals surface area contributed by atoms with Crippen molar-refractivity contribution in [1.82, 2.24) is 0 Å². The van der Waals surface area contributed by atoms with Crippen LogP contribution in [0.5, 0.6) is 5.75 Å². The van der Waals surface area contributed by atoms with Crippen LogP contribution in [0, 0.1) is 17.1 Å². The molecule has 2 nitrogen and oxygen atoms in total. The predicted octanol–water partition coefficient (Wildman–Crippen LogP) is 6.23. The Bertz CT molecular complexity index is 977. The quantitative estimate of drug-likeness (QED) is 0.370. The standard InChI is InChI=1S/C22H15BrFNO/c23-20-13-17(12-18(14-25)19-8-4-5-9-21(19)24)10-11-22(20)26-15-16-6-2-1-3-7-16/h1-13H,15H2/b18-12-. The number of nitriles is 1. The van der Waals surface area contributed by atoms with Gasteiger partial charge in [0.05, 0.1) is 16.1 Å². The van der Waals surface area contributed by atoms with E-state index in [-0.39, 0.29) is 11.1 Å². The van der Waals surface area contributed by atoms with Gasteiger partial charge in [-0.2, -0.15) is 5.26 Å². The third-order valence-electron chi connectivity index (χ3n) is 3.79. The lowest BCUT2D eigenvalue weighted by Crippen LogP contribution is -1.96. The first-order valence-electron chi connectivity index (χ1n) is 8.00. The smallest absolute Gasteiger partial charge is 0.134 e. The number of hydrogen-bond donors (Lipinski definition) is 0. The SMILES string of the molecule is N#C/C(=C/c1ccc(OCc2ccccc2)c(Br)c1)c1ccccc1F. The van der Waals surface area contributed by atoms with Crippen LogP contribution < -0.4 is 4.74 Å². The molecule has 4 heteroatoms. The topological polar surface area (TPSA) is 33.0 Å². The highest BCUT2D eigenvalue weighted by Crippen LogP contribution is 2.29. The average Bonchev–Trinajstić information content (AvgIpc) is 2.67. The van der Waals surface area contributed by atoms with E-state index in [4.69, 9.17) is 4.74 Å². The summed E-state index contributed by atoms with van der Waals surface area (Å²) in [7, 11) is 0. The van der Waals surface area contributed by atoms with Crippen molar-refractivity contribution in [1.29, 1.82) is 5.26 Å². The lowest BCUT2D eigenvalue weighted by atomic mass is 10.0. The van der Waals surface area contributed by atoms with Gasteiger partial charge in [-0.1, -0.05) is 54.6 Å². The molecule has 0 aliphatic carbocycles. The Morgan fingerprint density at radius 3 is 2.46 bits per heavy atom. The zero-order chi connectivity index (χ0) is 18.4. The van der Waals surface area contributed by atoms with Crippen LogP contribution in [0.4, 0.5) is 4.39 Å². The van der Waals surface area contributed by atoms with E-state index in [0.717, 1.165) is 15.6 Å². The normalized spacial score (nSPS) is 11.0. The minimum Gasteiger partial charge on any atom is -0.488 e. The molecule has 0 heterocycles. The average molecular weight is 408 g/mol. The monoisotopic (exact) mass is 407 g/mol. The van der Waals surface area contributed by atoms with Crippen LogP contribution in [0.25, 0.3) is 11.6 Å². The molecule has 26 heavy (non-hydrogen) atoms. The second kappa shape index (κ2) is 8.46. The highest BCUT2D eigenvalue weighted by atomic mass is 79.9. The number of ether oxygens (including phenoxy) is 1. The minimum atomic E-state index is -0.415. The Balaban J connectivity index is 1.80. The van der Waals surface area contributed by atoms with E-state index < -0.39 is 5.82 Å². The van der Waals surface area contributed by atoms with Crippen molar-refractivity contribution < 1.29 is 9.13 Å². The molecular weight excluding hydrogens is 393 g/mol. The molecule has 0 radical (unpaired) electrons. The van der Waals surface area contributed by atoms with Gasteiger partial charge in [-0.3, -0.25) is 0 Å². The summed E-state index contributed by atoms with van der Waals surface area (Å²) >= 11 is 3.49. The van der Waals surface area contributed by atoms with E-state index in [1.54, 1.807) is 24.3 Å². The Labute approximate surface area is 160 Å². The van der Waals surface area contributed by atoms with Crippen LogP contribution in [0.3, 0.4) is 0 Å². The second-order valence-electron chi connectivity index (χ2n) is 5.61. The molecule has 3 rings (SSSR count). The summed E-state index contributed by atoms with van der Waals surface area (Å²) < 4.78 is 20.5. The van der Waals surface area contributed by atoms with Crippen molar-refractivity contribution in [2.75, 3.05) is 0 Å². The molecule has 0 saturated carbocycles. The van der Waals surface area contributed by atoms with Gasteiger partial charge in [-0.25, -0.2) is 4.39 Å². The van der Waals surface area contributed by atoms with E-state index in [2.05, 4.69) is 22.0 Å². The molecule has 3 aromatic carbocycles. The van der Waals surface area contributed by atoms with Gasteiger partial charge in [0, 0.05) is 5.56 Å². The second-order valence-corrected chi connectivity index (χ2v) is 6.47. The van der Waals surface area contributed by atoms with E-state index in [1.807, 2.05) is 48.5 Å². The van der Waals surface area contributed by atoms with Crippen molar-refractivity contribution in [2.24, 2.45) is 0 Å². The number of allylic oxidation sites excluding steroid dienone is 1. The van der Waals surface area contributed by atoms with E-state index in [1.165, 1.54) is 6.07 Å². The fourth-order valence-electron chi connectivity index (χ4n) is 2.48. The van der Waals surface area contributed by atoms with Crippen LogP contribution in [-0.4, -0.2) is 0 Å². The number of hydrogen-bond acceptors (Lipinski definition) is 2. The largest absolute Gasteiger partial charge is 0.488 e. The van der Waals surface area contributed by atoms with Gasteiger partial charge >= 0.3 is 0 Å². The molecular formula is C22H15BrFNO. The number of benzene rings is 3. The van der Waals surface area contributed by atoms with Crippen LogP contribution in [-0.2, 0) is 6.61 Å². The molecule has 0 atom stereocenters. The summed E-state index contributed by atoms with van der Waals surface area (Å²) in [6.07, 6.45) is 1.66. The van der Waals surface area contributed by atoms with Gasteiger partial charge in [0.25, 0.3) is 0 Å². The number of halogens is 2. The first-order valence-corrected chi connectivity index (χ1v) is 8.79. The van der Waals surface area contributed by atoms with Crippen LogP contribution in [0.2, 0.25) is 0 Å². The molecule has 0 unspecified atom stereocenters. The molecule has 0 aromatic heterocycles. The Morgan fingerprint density at radius 2 is 1.77 bits per heavy atom. The maximum Gasteiger partial charge on any atom is 0.134 e. The third-order valence-corrected chi connectivity index (χ3v) is 4.41. The molecule has 0 saturated heterocycles. The highest BCUT2D eigenvalue weighted by molar-refractivity contribution is 9.10. The van der Waals surface area contributed by atoms with Gasteiger partial charge in [0.2, 0.25) is 0 Å². The van der Waals surface area contributed by atoms with Gasteiger partial charge in [0.15, 0.2) is 0 Å². The molecule has 0 fully saturated rings. The summed E-state index contributed by atoms with van der Waals surface area (Å²) in [6, 6.07) is 23.7. The molecule has 0 amide bonds. The summed E-state index contributed by atoms with van der Waals surface area (Å²) in [5.41, 5.74) is 2.42. The molecule has 0 spiro atoms. The zero-order valence-electron chi connectivity index (χ0n) is 13.8.